The van der Waals surface area contributed by atoms with E-state index in [1.165, 1.54) is 44.5 Å². The number of pyridine rings is 1. The van der Waals surface area contributed by atoms with Gasteiger partial charge in [-0.1, -0.05) is 96.2 Å². The zero-order chi connectivity index (χ0) is 27.0. The van der Waals surface area contributed by atoms with Crippen molar-refractivity contribution in [2.45, 2.75) is 5.41 Å². The Bertz CT molecular complexity index is 2060. The van der Waals surface area contributed by atoms with E-state index in [0.717, 1.165) is 27.5 Å². The summed E-state index contributed by atoms with van der Waals surface area (Å²) in [5.41, 5.74) is 14.1. The van der Waals surface area contributed by atoms with E-state index in [9.17, 15) is 0 Å². The summed E-state index contributed by atoms with van der Waals surface area (Å²) in [6.07, 6.45) is 3.85. The molecule has 2 aliphatic carbocycles. The Labute approximate surface area is 241 Å². The van der Waals surface area contributed by atoms with Gasteiger partial charge in [-0.3, -0.25) is 4.98 Å². The Hall–Kier alpha value is -5.13. The third-order valence-electron chi connectivity index (χ3n) is 8.56. The van der Waals surface area contributed by atoms with E-state index in [1.54, 1.807) is 11.3 Å². The average Bonchev–Trinajstić information content (AvgIpc) is 3.83. The molecule has 3 aromatic heterocycles. The van der Waals surface area contributed by atoms with Gasteiger partial charge < -0.3 is 0 Å². The van der Waals surface area contributed by atoms with Crippen LogP contribution in [0, 0.1) is 0 Å². The lowest BCUT2D eigenvalue weighted by Crippen LogP contribution is -2.25. The smallest absolute Gasteiger partial charge is 0.120 e. The normalized spacial score (nSPS) is 13.6. The maximum atomic E-state index is 4.63. The fraction of sp³-hybridized carbons (Fsp3) is 0.0278. The summed E-state index contributed by atoms with van der Waals surface area (Å²) in [4.78, 5) is 4.49. The Morgan fingerprint density at radius 2 is 1.20 bits per heavy atom. The summed E-state index contributed by atoms with van der Waals surface area (Å²) in [5.74, 6) is 0. The minimum atomic E-state index is -0.365. The number of hydrogen-bond acceptors (Lipinski definition) is 4. The van der Waals surface area contributed by atoms with E-state index < -0.39 is 0 Å². The van der Waals surface area contributed by atoms with Crippen LogP contribution >= 0.6 is 11.3 Å². The van der Waals surface area contributed by atoms with E-state index in [1.807, 2.05) is 35.3 Å². The fourth-order valence-electron chi connectivity index (χ4n) is 6.87. The first-order chi connectivity index (χ1) is 20.3. The molecule has 0 atom stereocenters. The largest absolute Gasteiger partial charge is 0.256 e. The van der Waals surface area contributed by atoms with Crippen LogP contribution in [0.2, 0.25) is 0 Å². The van der Waals surface area contributed by atoms with Crippen molar-refractivity contribution in [3.8, 4) is 49.8 Å². The molecule has 9 rings (SSSR count). The van der Waals surface area contributed by atoms with E-state index in [0.29, 0.717) is 0 Å². The molecule has 0 aliphatic heterocycles. The molecule has 41 heavy (non-hydrogen) atoms. The first-order valence-electron chi connectivity index (χ1n) is 13.7. The first-order valence-corrected chi connectivity index (χ1v) is 14.6. The van der Waals surface area contributed by atoms with Crippen LogP contribution in [0.4, 0.5) is 0 Å². The summed E-state index contributed by atoms with van der Waals surface area (Å²) in [6.45, 7) is 0. The number of aromatic nitrogens is 4. The minimum Gasteiger partial charge on any atom is -0.256 e. The van der Waals surface area contributed by atoms with Crippen LogP contribution < -0.4 is 0 Å². The van der Waals surface area contributed by atoms with Crippen LogP contribution in [0.1, 0.15) is 22.3 Å². The molecule has 2 aliphatic rings. The van der Waals surface area contributed by atoms with Crippen molar-refractivity contribution in [1.29, 1.82) is 0 Å². The second-order valence-corrected chi connectivity index (χ2v) is 11.5. The SMILES string of the molecule is c1ccc(-c2csc(-n3cc(-c4ccc5c(c4)C4(c6ccccc6-c6ccccc64)c4ccccc4-5)nn3)c2)nc1. The summed E-state index contributed by atoms with van der Waals surface area (Å²) >= 11 is 1.64. The summed E-state index contributed by atoms with van der Waals surface area (Å²) in [5, 5.41) is 12.3. The maximum absolute atomic E-state index is 4.63. The van der Waals surface area contributed by atoms with Gasteiger partial charge in [-0.2, -0.15) is 0 Å². The second kappa shape index (κ2) is 8.43. The van der Waals surface area contributed by atoms with Gasteiger partial charge in [0.25, 0.3) is 0 Å². The van der Waals surface area contributed by atoms with Gasteiger partial charge in [0.2, 0.25) is 0 Å². The molecule has 4 aromatic carbocycles. The summed E-state index contributed by atoms with van der Waals surface area (Å²) < 4.78 is 1.87. The molecule has 0 unspecified atom stereocenters. The number of hydrogen-bond donors (Lipinski definition) is 0. The molecular formula is C36H22N4S. The van der Waals surface area contributed by atoms with Crippen LogP contribution in [0.15, 0.2) is 133 Å². The molecule has 192 valence electrons. The van der Waals surface area contributed by atoms with E-state index in [4.69, 9.17) is 0 Å². The molecule has 0 bridgehead atoms. The van der Waals surface area contributed by atoms with Crippen LogP contribution in [0.25, 0.3) is 49.8 Å². The number of thiophene rings is 1. The zero-order valence-electron chi connectivity index (χ0n) is 21.9. The molecule has 0 saturated carbocycles. The molecule has 7 aromatic rings. The predicted octanol–water partition coefficient (Wildman–Crippen LogP) is 8.40. The lowest BCUT2D eigenvalue weighted by atomic mass is 9.70. The van der Waals surface area contributed by atoms with E-state index >= 15 is 0 Å². The van der Waals surface area contributed by atoms with Crippen molar-refractivity contribution in [2.24, 2.45) is 0 Å². The second-order valence-electron chi connectivity index (χ2n) is 10.6. The molecule has 4 nitrogen and oxygen atoms in total. The van der Waals surface area contributed by atoms with Gasteiger partial charge in [-0.05, 0) is 68.8 Å². The van der Waals surface area contributed by atoms with Crippen LogP contribution in [-0.2, 0) is 5.41 Å². The molecule has 0 amide bonds. The summed E-state index contributed by atoms with van der Waals surface area (Å²) in [6, 6.07) is 41.5. The molecule has 3 heterocycles. The molecule has 0 fully saturated rings. The minimum absolute atomic E-state index is 0.365. The van der Waals surface area contributed by atoms with Gasteiger partial charge in [-0.15, -0.1) is 16.4 Å². The molecule has 5 heteroatoms. The third kappa shape index (κ3) is 3.06. The van der Waals surface area contributed by atoms with E-state index in [-0.39, 0.29) is 5.41 Å². The molecule has 0 radical (unpaired) electrons. The highest BCUT2D eigenvalue weighted by atomic mass is 32.1. The fourth-order valence-corrected chi connectivity index (χ4v) is 7.70. The maximum Gasteiger partial charge on any atom is 0.120 e. The molecule has 1 spiro atoms. The molecule has 0 saturated heterocycles. The lowest BCUT2D eigenvalue weighted by molar-refractivity contribution is 0.794. The molecule has 0 N–H and O–H groups in total. The van der Waals surface area contributed by atoms with Crippen molar-refractivity contribution in [3.05, 3.63) is 155 Å². The third-order valence-corrected chi connectivity index (χ3v) is 9.48. The van der Waals surface area contributed by atoms with Gasteiger partial charge in [0, 0.05) is 22.7 Å². The molecular weight excluding hydrogens is 520 g/mol. The van der Waals surface area contributed by atoms with Crippen LogP contribution in [0.3, 0.4) is 0 Å². The topological polar surface area (TPSA) is 43.6 Å². The van der Waals surface area contributed by atoms with Crippen LogP contribution in [0.5, 0.6) is 0 Å². The number of rotatable bonds is 3. The Morgan fingerprint density at radius 1 is 0.561 bits per heavy atom. The lowest BCUT2D eigenvalue weighted by Gasteiger charge is -2.30. The zero-order valence-corrected chi connectivity index (χ0v) is 22.7. The van der Waals surface area contributed by atoms with Crippen LogP contribution in [-0.4, -0.2) is 20.0 Å². The first kappa shape index (κ1) is 22.7. The van der Waals surface area contributed by atoms with Crippen molar-refractivity contribution < 1.29 is 0 Å². The van der Waals surface area contributed by atoms with Gasteiger partial charge in [-0.25, -0.2) is 4.68 Å². The number of nitrogens with zero attached hydrogens (tertiary/aromatic N) is 4. The Morgan fingerprint density at radius 3 is 1.85 bits per heavy atom. The van der Waals surface area contributed by atoms with Gasteiger partial charge in [0.1, 0.15) is 10.7 Å². The van der Waals surface area contributed by atoms with E-state index in [2.05, 4.69) is 118 Å². The Balaban J connectivity index is 1.21. The highest BCUT2D eigenvalue weighted by Crippen LogP contribution is 2.62. The van der Waals surface area contributed by atoms with Crippen molar-refractivity contribution in [1.82, 2.24) is 20.0 Å². The van der Waals surface area contributed by atoms with Gasteiger partial charge in [0.15, 0.2) is 0 Å². The monoisotopic (exact) mass is 542 g/mol. The van der Waals surface area contributed by atoms with Gasteiger partial charge >= 0.3 is 0 Å². The standard InChI is InChI=1S/C36H22N4S/c1-4-12-29-25(9-1)26-10-2-5-13-30(26)36(29)31-14-6-3-11-27(31)28-17-16-23(19-32(28)36)34-21-40(39-38-34)35-20-24(22-41-35)33-15-7-8-18-37-33/h1-22H. The van der Waals surface area contributed by atoms with Crippen molar-refractivity contribution in [2.75, 3.05) is 0 Å². The van der Waals surface area contributed by atoms with Crippen molar-refractivity contribution >= 4 is 11.3 Å². The highest BCUT2D eigenvalue weighted by molar-refractivity contribution is 7.13. The quantitative estimate of drug-likeness (QED) is 0.225. The highest BCUT2D eigenvalue weighted by Gasteiger charge is 2.51. The van der Waals surface area contributed by atoms with Gasteiger partial charge in [0.05, 0.1) is 17.3 Å². The average molecular weight is 543 g/mol. The number of fused-ring (bicyclic) bond motifs is 10. The summed E-state index contributed by atoms with van der Waals surface area (Å²) in [7, 11) is 0. The predicted molar refractivity (Wildman–Crippen MR) is 164 cm³/mol. The van der Waals surface area contributed by atoms with Crippen molar-refractivity contribution in [3.63, 3.8) is 0 Å². The number of benzene rings is 4. The Kier molecular flexibility index (Phi) is 4.66.